The third kappa shape index (κ3) is 14.7. The quantitative estimate of drug-likeness (QED) is 0.0452. The SMILES string of the molecule is CC[C@H](C)C(N)C(=O)NC1CCC(=O)NCCCCC(C(=O)N[C@@H](CO)C(=O)C(=O)[C@H](Cc2ccccc2)NN)NC(=O)[C@H](CO)NC(=O)[C@H]([C@@H](C)O)NC1=O. The molecule has 0 radical (unpaired) electrons. The van der Waals surface area contributed by atoms with Gasteiger partial charge < -0.3 is 53.0 Å². The number of aliphatic hydroxyl groups is 3. The van der Waals surface area contributed by atoms with Crippen molar-refractivity contribution in [3.05, 3.63) is 35.9 Å². The van der Waals surface area contributed by atoms with E-state index < -0.39 is 109 Å². The highest BCUT2D eigenvalue weighted by Gasteiger charge is 2.36. The second kappa shape index (κ2) is 23.9. The average molecular weight is 792 g/mol. The molecule has 1 saturated heterocycles. The monoisotopic (exact) mass is 791 g/mol. The number of hydrogen-bond donors (Lipinski definition) is 12. The predicted octanol–water partition coefficient (Wildman–Crippen LogP) is -4.56. The van der Waals surface area contributed by atoms with Gasteiger partial charge in [-0.3, -0.25) is 44.2 Å². The summed E-state index contributed by atoms with van der Waals surface area (Å²) in [6, 6.07) is -1.48. The van der Waals surface area contributed by atoms with Crippen LogP contribution in [0.25, 0.3) is 0 Å². The average Bonchev–Trinajstić information content (AvgIpc) is 3.19. The molecule has 6 amide bonds. The van der Waals surface area contributed by atoms with Gasteiger partial charge in [0.05, 0.1) is 31.4 Å². The van der Waals surface area contributed by atoms with Crippen molar-refractivity contribution in [3.8, 4) is 0 Å². The molecule has 1 aromatic rings. The third-order valence-electron chi connectivity index (χ3n) is 9.46. The van der Waals surface area contributed by atoms with Gasteiger partial charge in [0.2, 0.25) is 47.0 Å². The number of benzene rings is 1. The van der Waals surface area contributed by atoms with Crippen LogP contribution >= 0.6 is 0 Å². The van der Waals surface area contributed by atoms with Gasteiger partial charge in [0.15, 0.2) is 0 Å². The van der Waals surface area contributed by atoms with Crippen LogP contribution in [0.5, 0.6) is 0 Å². The molecule has 20 heteroatoms. The summed E-state index contributed by atoms with van der Waals surface area (Å²) in [5.74, 6) is -2.17. The van der Waals surface area contributed by atoms with Gasteiger partial charge in [0, 0.05) is 13.0 Å². The summed E-state index contributed by atoms with van der Waals surface area (Å²) < 4.78 is 0. The molecular weight excluding hydrogens is 734 g/mol. The Balaban J connectivity index is 2.30. The minimum atomic E-state index is -1.73. The molecule has 1 heterocycles. The molecule has 3 unspecified atom stereocenters. The van der Waals surface area contributed by atoms with E-state index >= 15 is 0 Å². The Bertz CT molecular complexity index is 1510. The fourth-order valence-electron chi connectivity index (χ4n) is 5.66. The van der Waals surface area contributed by atoms with E-state index in [0.29, 0.717) is 12.0 Å². The van der Waals surface area contributed by atoms with E-state index in [2.05, 4.69) is 37.3 Å². The summed E-state index contributed by atoms with van der Waals surface area (Å²) in [6.07, 6.45) is -1.05. The Morgan fingerprint density at radius 2 is 1.55 bits per heavy atom. The van der Waals surface area contributed by atoms with E-state index in [-0.39, 0.29) is 51.0 Å². The zero-order valence-corrected chi connectivity index (χ0v) is 31.9. The maximum absolute atomic E-state index is 13.5. The molecule has 20 nitrogen and oxygen atoms in total. The molecule has 1 aliphatic rings. The molecule has 14 N–H and O–H groups in total. The first-order chi connectivity index (χ1) is 26.6. The van der Waals surface area contributed by atoms with E-state index in [1.807, 2.05) is 6.92 Å². The molecule has 1 fully saturated rings. The van der Waals surface area contributed by atoms with E-state index in [1.165, 1.54) is 6.92 Å². The molecule has 0 aromatic heterocycles. The molecule has 0 bridgehead atoms. The summed E-state index contributed by atoms with van der Waals surface area (Å²) in [5.41, 5.74) is 8.99. The first-order valence-electron chi connectivity index (χ1n) is 18.6. The summed E-state index contributed by atoms with van der Waals surface area (Å²) in [7, 11) is 0. The topological polar surface area (TPSA) is 333 Å². The van der Waals surface area contributed by atoms with Crippen molar-refractivity contribution in [2.75, 3.05) is 19.8 Å². The Labute approximate surface area is 325 Å². The highest BCUT2D eigenvalue weighted by Crippen LogP contribution is 2.10. The van der Waals surface area contributed by atoms with Crippen LogP contribution in [-0.2, 0) is 44.8 Å². The van der Waals surface area contributed by atoms with Crippen LogP contribution in [0.4, 0.5) is 0 Å². The molecule has 2 rings (SSSR count). The fourth-order valence-corrected chi connectivity index (χ4v) is 5.66. The second-order valence-corrected chi connectivity index (χ2v) is 13.8. The summed E-state index contributed by atoms with van der Waals surface area (Å²) in [4.78, 5) is 105. The minimum Gasteiger partial charge on any atom is -0.394 e. The first-order valence-corrected chi connectivity index (χ1v) is 18.6. The lowest BCUT2D eigenvalue weighted by Crippen LogP contribution is -2.62. The summed E-state index contributed by atoms with van der Waals surface area (Å²) in [5, 5.41) is 44.9. The van der Waals surface area contributed by atoms with E-state index in [9.17, 15) is 53.7 Å². The van der Waals surface area contributed by atoms with Crippen LogP contribution in [0.15, 0.2) is 30.3 Å². The van der Waals surface area contributed by atoms with Crippen LogP contribution in [0.1, 0.15) is 64.9 Å². The number of rotatable bonds is 15. The van der Waals surface area contributed by atoms with E-state index in [1.54, 1.807) is 37.3 Å². The van der Waals surface area contributed by atoms with Gasteiger partial charge in [0.1, 0.15) is 30.2 Å². The predicted molar refractivity (Wildman–Crippen MR) is 200 cm³/mol. The molecule has 0 aliphatic carbocycles. The third-order valence-corrected chi connectivity index (χ3v) is 9.46. The number of amides is 6. The lowest BCUT2D eigenvalue weighted by Gasteiger charge is -2.28. The Morgan fingerprint density at radius 1 is 0.893 bits per heavy atom. The van der Waals surface area contributed by atoms with Gasteiger partial charge in [-0.2, -0.15) is 0 Å². The van der Waals surface area contributed by atoms with Crippen LogP contribution in [0.2, 0.25) is 0 Å². The molecule has 0 saturated carbocycles. The maximum Gasteiger partial charge on any atom is 0.245 e. The van der Waals surface area contributed by atoms with Crippen molar-refractivity contribution in [3.63, 3.8) is 0 Å². The number of carbonyl (C=O) groups is 8. The number of Topliss-reactive ketones (excluding diaryl/α,β-unsaturated/α-hetero) is 2. The minimum absolute atomic E-state index is 0.0291. The molecular formula is C36H57N9O11. The fraction of sp³-hybridized carbons (Fsp3) is 0.611. The van der Waals surface area contributed by atoms with Crippen molar-refractivity contribution in [1.29, 1.82) is 0 Å². The maximum atomic E-state index is 13.5. The smallest absolute Gasteiger partial charge is 0.245 e. The zero-order valence-electron chi connectivity index (χ0n) is 31.9. The van der Waals surface area contributed by atoms with Gasteiger partial charge in [-0.05, 0) is 50.5 Å². The van der Waals surface area contributed by atoms with Crippen LogP contribution in [-0.4, -0.2) is 130 Å². The highest BCUT2D eigenvalue weighted by atomic mass is 16.3. The molecule has 0 spiro atoms. The van der Waals surface area contributed by atoms with Crippen molar-refractivity contribution >= 4 is 47.0 Å². The van der Waals surface area contributed by atoms with Crippen LogP contribution in [0.3, 0.4) is 0 Å². The van der Waals surface area contributed by atoms with Crippen molar-refractivity contribution < 1.29 is 53.7 Å². The molecule has 1 aromatic carbocycles. The Morgan fingerprint density at radius 3 is 2.14 bits per heavy atom. The summed E-state index contributed by atoms with van der Waals surface area (Å²) >= 11 is 0. The number of hydrazine groups is 1. The lowest BCUT2D eigenvalue weighted by molar-refractivity contribution is -0.141. The van der Waals surface area contributed by atoms with E-state index in [4.69, 9.17) is 11.6 Å². The number of ketones is 2. The molecule has 1 aliphatic heterocycles. The molecule has 9 atom stereocenters. The Hall–Kier alpha value is -4.86. The van der Waals surface area contributed by atoms with Gasteiger partial charge in [-0.1, -0.05) is 50.6 Å². The van der Waals surface area contributed by atoms with Gasteiger partial charge in [-0.15, -0.1) is 0 Å². The van der Waals surface area contributed by atoms with Crippen LogP contribution in [0, 0.1) is 5.92 Å². The highest BCUT2D eigenvalue weighted by molar-refractivity contribution is 6.41. The van der Waals surface area contributed by atoms with Gasteiger partial charge in [-0.25, -0.2) is 5.43 Å². The van der Waals surface area contributed by atoms with E-state index in [0.717, 1.165) is 0 Å². The number of carbonyl (C=O) groups excluding carboxylic acids is 8. The number of aliphatic hydroxyl groups excluding tert-OH is 3. The van der Waals surface area contributed by atoms with Crippen molar-refractivity contribution in [1.82, 2.24) is 37.3 Å². The summed E-state index contributed by atoms with van der Waals surface area (Å²) in [6.45, 7) is 2.87. The van der Waals surface area contributed by atoms with Gasteiger partial charge in [0.25, 0.3) is 0 Å². The zero-order chi connectivity index (χ0) is 41.9. The van der Waals surface area contributed by atoms with Crippen molar-refractivity contribution in [2.45, 2.75) is 114 Å². The number of nitrogens with two attached hydrogens (primary N) is 2. The standard InChI is InChI=1S/C36H57N9O11/c1-4-19(2)28(37)35(55)41-23-13-14-27(49)39-15-9-8-12-22(40-34(54)26(18-47)43-36(56)29(20(3)48)44-33(23)53)32(52)42-25(17-46)31(51)30(50)24(45-38)16-21-10-6-5-7-11-21/h5-7,10-11,19-20,22-26,28-29,45-48H,4,8-9,12-18,37-38H2,1-3H3,(H,39,49)(H,40,54)(H,41,55)(H,42,52)(H,43,56)(H,44,53)/t19-,20+,22?,23?,24-,25-,26-,28?,29-/m0/s1. The Kier molecular flexibility index (Phi) is 20.2. The number of nitrogens with one attached hydrogen (secondary N) is 7. The normalized spacial score (nSPS) is 23.2. The largest absolute Gasteiger partial charge is 0.394 e. The molecule has 312 valence electrons. The van der Waals surface area contributed by atoms with Crippen molar-refractivity contribution in [2.24, 2.45) is 17.5 Å². The van der Waals surface area contributed by atoms with Crippen LogP contribution < -0.4 is 48.9 Å². The number of hydrogen-bond acceptors (Lipinski definition) is 14. The molecule has 56 heavy (non-hydrogen) atoms. The van der Waals surface area contributed by atoms with Gasteiger partial charge >= 0.3 is 0 Å². The first kappa shape index (κ1) is 47.3. The second-order valence-electron chi connectivity index (χ2n) is 13.8. The lowest BCUT2D eigenvalue weighted by atomic mass is 9.97.